The van der Waals surface area contributed by atoms with Crippen LogP contribution in [0.1, 0.15) is 17.5 Å². The SMILES string of the molecule is Cc1ccc(NC(=O)C2CC(=O)N=C3N(N)c4ccccc4N32)c(C)c1. The van der Waals surface area contributed by atoms with E-state index in [1.54, 1.807) is 4.90 Å². The number of aliphatic imine (C=N–C) groups is 1. The van der Waals surface area contributed by atoms with Crippen LogP contribution in [0.3, 0.4) is 0 Å². The summed E-state index contributed by atoms with van der Waals surface area (Å²) in [6.45, 7) is 3.94. The molecule has 1 atom stereocenters. The van der Waals surface area contributed by atoms with Gasteiger partial charge in [0.1, 0.15) is 6.04 Å². The molecule has 4 rings (SSSR count). The Morgan fingerprint density at radius 1 is 1.19 bits per heavy atom. The fraction of sp³-hybridized carbons (Fsp3) is 0.211. The van der Waals surface area contributed by atoms with Gasteiger partial charge in [-0.25, -0.2) is 10.9 Å². The predicted molar refractivity (Wildman–Crippen MR) is 101 cm³/mol. The number of anilines is 3. The van der Waals surface area contributed by atoms with Crippen molar-refractivity contribution in [2.75, 3.05) is 15.2 Å². The Bertz CT molecular complexity index is 953. The van der Waals surface area contributed by atoms with Crippen molar-refractivity contribution in [3.63, 3.8) is 0 Å². The normalized spacial score (nSPS) is 18.3. The van der Waals surface area contributed by atoms with Crippen molar-refractivity contribution in [3.8, 4) is 0 Å². The highest BCUT2D eigenvalue weighted by molar-refractivity contribution is 6.23. The van der Waals surface area contributed by atoms with Crippen LogP contribution < -0.4 is 21.1 Å². The minimum atomic E-state index is -0.703. The van der Waals surface area contributed by atoms with Crippen LogP contribution in [0.25, 0.3) is 0 Å². The van der Waals surface area contributed by atoms with E-state index in [1.807, 2.05) is 56.3 Å². The summed E-state index contributed by atoms with van der Waals surface area (Å²) in [6.07, 6.45) is 0.00240. The zero-order chi connectivity index (χ0) is 18.4. The second-order valence-electron chi connectivity index (χ2n) is 6.56. The summed E-state index contributed by atoms with van der Waals surface area (Å²) in [5, 5.41) is 4.29. The maximum Gasteiger partial charge on any atom is 0.251 e. The molecule has 2 aromatic carbocycles. The van der Waals surface area contributed by atoms with Gasteiger partial charge < -0.3 is 5.32 Å². The number of aryl methyl sites for hydroxylation is 2. The highest BCUT2D eigenvalue weighted by atomic mass is 16.2. The number of nitrogens with one attached hydrogen (secondary N) is 1. The third-order valence-electron chi connectivity index (χ3n) is 4.68. The molecule has 2 aromatic rings. The van der Waals surface area contributed by atoms with Crippen LogP contribution in [0.4, 0.5) is 17.1 Å². The summed E-state index contributed by atoms with van der Waals surface area (Å²) in [6, 6.07) is 12.5. The second-order valence-corrected chi connectivity index (χ2v) is 6.56. The molecular weight excluding hydrogens is 330 g/mol. The molecule has 7 heteroatoms. The predicted octanol–water partition coefficient (Wildman–Crippen LogP) is 2.10. The quantitative estimate of drug-likeness (QED) is 0.810. The summed E-state index contributed by atoms with van der Waals surface area (Å²) in [4.78, 5) is 30.9. The number of guanidine groups is 1. The molecule has 0 aliphatic carbocycles. The Labute approximate surface area is 151 Å². The number of nitrogens with two attached hydrogens (primary N) is 1. The first-order valence-electron chi connectivity index (χ1n) is 8.38. The fourth-order valence-corrected chi connectivity index (χ4v) is 3.41. The number of rotatable bonds is 2. The van der Waals surface area contributed by atoms with Crippen LogP contribution in [-0.2, 0) is 9.59 Å². The Kier molecular flexibility index (Phi) is 3.73. The van der Waals surface area contributed by atoms with E-state index in [-0.39, 0.29) is 24.2 Å². The average molecular weight is 349 g/mol. The summed E-state index contributed by atoms with van der Waals surface area (Å²) >= 11 is 0. The fourth-order valence-electron chi connectivity index (χ4n) is 3.41. The molecule has 0 saturated heterocycles. The maximum atomic E-state index is 13.0. The molecule has 0 spiro atoms. The van der Waals surface area contributed by atoms with Gasteiger partial charge in [0.05, 0.1) is 17.8 Å². The van der Waals surface area contributed by atoms with Gasteiger partial charge in [-0.15, -0.1) is 0 Å². The number of amides is 2. The highest BCUT2D eigenvalue weighted by Crippen LogP contribution is 2.38. The van der Waals surface area contributed by atoms with Crippen molar-refractivity contribution in [1.82, 2.24) is 0 Å². The molecule has 7 nitrogen and oxygen atoms in total. The Hall–Kier alpha value is -3.19. The van der Waals surface area contributed by atoms with Gasteiger partial charge in [0.2, 0.25) is 11.9 Å². The molecule has 0 bridgehead atoms. The molecule has 2 heterocycles. The number of fused-ring (bicyclic) bond motifs is 3. The molecule has 26 heavy (non-hydrogen) atoms. The van der Waals surface area contributed by atoms with Crippen LogP contribution >= 0.6 is 0 Å². The van der Waals surface area contributed by atoms with Gasteiger partial charge in [0.15, 0.2) is 0 Å². The van der Waals surface area contributed by atoms with Crippen molar-refractivity contribution in [3.05, 3.63) is 53.6 Å². The molecular formula is C19H19N5O2. The highest BCUT2D eigenvalue weighted by Gasteiger charge is 2.43. The van der Waals surface area contributed by atoms with Gasteiger partial charge in [0, 0.05) is 5.69 Å². The number of hydrogen-bond donors (Lipinski definition) is 2. The second kappa shape index (κ2) is 5.96. The first kappa shape index (κ1) is 16.3. The lowest BCUT2D eigenvalue weighted by Crippen LogP contribution is -2.55. The van der Waals surface area contributed by atoms with Gasteiger partial charge in [-0.05, 0) is 37.6 Å². The molecule has 2 aliphatic heterocycles. The summed E-state index contributed by atoms with van der Waals surface area (Å²) in [7, 11) is 0. The number of benzene rings is 2. The van der Waals surface area contributed by atoms with Crippen molar-refractivity contribution < 1.29 is 9.59 Å². The standard InChI is InChI=1S/C19H19N5O2/c1-11-7-8-13(12(2)9-11)21-18(26)16-10-17(25)22-19-23(16)14-5-3-4-6-15(14)24(19)20/h3-9,16H,10,20H2,1-2H3,(H,21,26). The molecule has 2 aliphatic rings. The lowest BCUT2D eigenvalue weighted by atomic mass is 10.1. The van der Waals surface area contributed by atoms with Gasteiger partial charge in [-0.1, -0.05) is 29.8 Å². The first-order chi connectivity index (χ1) is 12.5. The number of para-hydroxylation sites is 2. The monoisotopic (exact) mass is 349 g/mol. The van der Waals surface area contributed by atoms with E-state index >= 15 is 0 Å². The summed E-state index contributed by atoms with van der Waals surface area (Å²) in [5.74, 6) is 5.75. The number of nitrogens with zero attached hydrogens (tertiary/aromatic N) is 3. The average Bonchev–Trinajstić information content (AvgIpc) is 2.89. The van der Waals surface area contributed by atoms with E-state index < -0.39 is 6.04 Å². The topological polar surface area (TPSA) is 91.0 Å². The van der Waals surface area contributed by atoms with Gasteiger partial charge in [-0.2, -0.15) is 4.99 Å². The number of carbonyl (C=O) groups excluding carboxylic acids is 2. The minimum absolute atomic E-state index is 0.00240. The Balaban J connectivity index is 1.69. The molecule has 2 amide bonds. The maximum absolute atomic E-state index is 13.0. The summed E-state index contributed by atoms with van der Waals surface area (Å²) < 4.78 is 0. The van der Waals surface area contributed by atoms with E-state index in [1.165, 1.54) is 5.01 Å². The van der Waals surface area contributed by atoms with E-state index in [2.05, 4.69) is 10.3 Å². The van der Waals surface area contributed by atoms with E-state index in [0.29, 0.717) is 5.69 Å². The zero-order valence-corrected chi connectivity index (χ0v) is 14.6. The van der Waals surface area contributed by atoms with Crippen LogP contribution in [0.15, 0.2) is 47.5 Å². The van der Waals surface area contributed by atoms with E-state index in [0.717, 1.165) is 22.5 Å². The Morgan fingerprint density at radius 2 is 1.92 bits per heavy atom. The zero-order valence-electron chi connectivity index (χ0n) is 14.6. The first-order valence-corrected chi connectivity index (χ1v) is 8.38. The van der Waals surface area contributed by atoms with Gasteiger partial charge in [0.25, 0.3) is 5.91 Å². The van der Waals surface area contributed by atoms with Crippen molar-refractivity contribution >= 4 is 34.8 Å². The minimum Gasteiger partial charge on any atom is -0.324 e. The third-order valence-corrected chi connectivity index (χ3v) is 4.68. The Morgan fingerprint density at radius 3 is 2.65 bits per heavy atom. The third kappa shape index (κ3) is 2.53. The lowest BCUT2D eigenvalue weighted by Gasteiger charge is -2.31. The molecule has 3 N–H and O–H groups in total. The van der Waals surface area contributed by atoms with Crippen LogP contribution in [0.2, 0.25) is 0 Å². The smallest absolute Gasteiger partial charge is 0.251 e. The van der Waals surface area contributed by atoms with Crippen molar-refractivity contribution in [1.29, 1.82) is 0 Å². The van der Waals surface area contributed by atoms with Crippen LogP contribution in [0.5, 0.6) is 0 Å². The molecule has 1 unspecified atom stereocenters. The van der Waals surface area contributed by atoms with E-state index in [4.69, 9.17) is 5.84 Å². The molecule has 0 fully saturated rings. The molecule has 0 radical (unpaired) electrons. The number of hydrazine groups is 1. The summed E-state index contributed by atoms with van der Waals surface area (Å²) in [5.41, 5.74) is 4.30. The van der Waals surface area contributed by atoms with Crippen molar-refractivity contribution in [2.24, 2.45) is 10.8 Å². The van der Waals surface area contributed by atoms with Crippen LogP contribution in [-0.4, -0.2) is 23.8 Å². The molecule has 132 valence electrons. The number of carbonyl (C=O) groups is 2. The van der Waals surface area contributed by atoms with Gasteiger partial charge >= 0.3 is 0 Å². The largest absolute Gasteiger partial charge is 0.324 e. The molecule has 0 aromatic heterocycles. The number of hydrogen-bond acceptors (Lipinski definition) is 5. The molecule has 0 saturated carbocycles. The van der Waals surface area contributed by atoms with Gasteiger partial charge in [-0.3, -0.25) is 14.5 Å². The van der Waals surface area contributed by atoms with Crippen molar-refractivity contribution in [2.45, 2.75) is 26.3 Å². The lowest BCUT2D eigenvalue weighted by molar-refractivity contribution is -0.123. The van der Waals surface area contributed by atoms with E-state index in [9.17, 15) is 9.59 Å². The van der Waals surface area contributed by atoms with Crippen LogP contribution in [0, 0.1) is 13.8 Å².